The summed E-state index contributed by atoms with van der Waals surface area (Å²) in [5.74, 6) is 1.09. The third kappa shape index (κ3) is 2.99. The van der Waals surface area contributed by atoms with E-state index in [1.807, 2.05) is 18.2 Å². The van der Waals surface area contributed by atoms with Crippen LogP contribution in [0.5, 0.6) is 5.75 Å². The molecular formula is C16H21BrN2O. The molecule has 1 saturated heterocycles. The highest BCUT2D eigenvalue weighted by Gasteiger charge is 2.39. The molecule has 1 heterocycles. The highest BCUT2D eigenvalue weighted by Crippen LogP contribution is 2.39. The van der Waals surface area contributed by atoms with Gasteiger partial charge >= 0.3 is 0 Å². The van der Waals surface area contributed by atoms with Crippen LogP contribution in [0.3, 0.4) is 0 Å². The van der Waals surface area contributed by atoms with Gasteiger partial charge in [0.1, 0.15) is 5.75 Å². The lowest BCUT2D eigenvalue weighted by Crippen LogP contribution is -2.39. The lowest BCUT2D eigenvalue weighted by atomic mass is 9.90. The molecule has 0 unspecified atom stereocenters. The Morgan fingerprint density at radius 2 is 2.05 bits per heavy atom. The van der Waals surface area contributed by atoms with Crippen molar-refractivity contribution in [3.63, 3.8) is 0 Å². The predicted molar refractivity (Wildman–Crippen MR) is 83.9 cm³/mol. The zero-order valence-corrected chi connectivity index (χ0v) is 14.1. The maximum absolute atomic E-state index is 9.48. The first-order valence-electron chi connectivity index (χ1n) is 6.85. The van der Waals surface area contributed by atoms with Crippen LogP contribution in [-0.4, -0.2) is 30.6 Å². The van der Waals surface area contributed by atoms with Gasteiger partial charge in [-0.3, -0.25) is 4.90 Å². The van der Waals surface area contributed by atoms with Gasteiger partial charge in [0.2, 0.25) is 0 Å². The van der Waals surface area contributed by atoms with Gasteiger partial charge in [0.05, 0.1) is 19.1 Å². The number of hydrogen-bond donors (Lipinski definition) is 0. The summed E-state index contributed by atoms with van der Waals surface area (Å²) in [4.78, 5) is 2.39. The van der Waals surface area contributed by atoms with Gasteiger partial charge in [0.25, 0.3) is 0 Å². The van der Waals surface area contributed by atoms with E-state index in [2.05, 4.69) is 47.7 Å². The molecule has 1 aromatic rings. The zero-order chi connectivity index (χ0) is 14.9. The van der Waals surface area contributed by atoms with Gasteiger partial charge in [0.15, 0.2) is 0 Å². The molecule has 20 heavy (non-hydrogen) atoms. The molecule has 0 spiro atoms. The lowest BCUT2D eigenvalue weighted by molar-refractivity contribution is 0.170. The number of rotatable bonds is 2. The molecule has 0 radical (unpaired) electrons. The van der Waals surface area contributed by atoms with Crippen LogP contribution in [-0.2, 0) is 0 Å². The molecule has 4 heteroatoms. The van der Waals surface area contributed by atoms with Gasteiger partial charge in [-0.05, 0) is 44.5 Å². The first-order chi connectivity index (χ1) is 9.36. The van der Waals surface area contributed by atoms with E-state index in [1.165, 1.54) is 5.56 Å². The predicted octanol–water partition coefficient (Wildman–Crippen LogP) is 3.80. The average molecular weight is 337 g/mol. The SMILES string of the molecule is COc1ccc(Br)c([C@H]2CN(C(C)(C)C)C[C@@H]2C#N)c1. The second-order valence-corrected chi connectivity index (χ2v) is 7.16. The minimum atomic E-state index is 0.0256. The van der Waals surface area contributed by atoms with Crippen molar-refractivity contribution in [2.24, 2.45) is 5.92 Å². The molecule has 0 aromatic heterocycles. The van der Waals surface area contributed by atoms with Crippen LogP contribution < -0.4 is 4.74 Å². The van der Waals surface area contributed by atoms with Crippen molar-refractivity contribution in [1.29, 1.82) is 5.26 Å². The number of nitriles is 1. The molecular weight excluding hydrogens is 316 g/mol. The van der Waals surface area contributed by atoms with Crippen LogP contribution in [0.1, 0.15) is 32.3 Å². The molecule has 108 valence electrons. The van der Waals surface area contributed by atoms with Gasteiger partial charge in [-0.25, -0.2) is 0 Å². The topological polar surface area (TPSA) is 36.3 Å². The number of halogens is 1. The summed E-state index contributed by atoms with van der Waals surface area (Å²) in [6.45, 7) is 8.33. The summed E-state index contributed by atoms with van der Waals surface area (Å²) in [6.07, 6.45) is 0. The number of nitrogens with zero attached hydrogens (tertiary/aromatic N) is 2. The Bertz CT molecular complexity index is 530. The molecule has 2 atom stereocenters. The van der Waals surface area contributed by atoms with E-state index in [1.54, 1.807) is 7.11 Å². The maximum Gasteiger partial charge on any atom is 0.119 e. The van der Waals surface area contributed by atoms with E-state index in [9.17, 15) is 5.26 Å². The molecule has 0 bridgehead atoms. The molecule has 1 aliphatic heterocycles. The second-order valence-electron chi connectivity index (χ2n) is 6.31. The lowest BCUT2D eigenvalue weighted by Gasteiger charge is -2.31. The minimum absolute atomic E-state index is 0.0256. The van der Waals surface area contributed by atoms with Crippen LogP contribution >= 0.6 is 15.9 Å². The van der Waals surface area contributed by atoms with Crippen LogP contribution in [0.25, 0.3) is 0 Å². The minimum Gasteiger partial charge on any atom is -0.497 e. The van der Waals surface area contributed by atoms with Gasteiger partial charge < -0.3 is 4.74 Å². The van der Waals surface area contributed by atoms with Crippen molar-refractivity contribution >= 4 is 15.9 Å². The summed E-state index contributed by atoms with van der Waals surface area (Å²) >= 11 is 3.61. The molecule has 3 nitrogen and oxygen atoms in total. The van der Waals surface area contributed by atoms with Gasteiger partial charge in [0, 0.05) is 29.0 Å². The Morgan fingerprint density at radius 1 is 1.35 bits per heavy atom. The maximum atomic E-state index is 9.48. The Hall–Kier alpha value is -1.05. The Labute approximate surface area is 129 Å². The van der Waals surface area contributed by atoms with E-state index in [0.717, 1.165) is 23.3 Å². The largest absolute Gasteiger partial charge is 0.497 e. The van der Waals surface area contributed by atoms with Crippen molar-refractivity contribution in [3.05, 3.63) is 28.2 Å². The van der Waals surface area contributed by atoms with Crippen molar-refractivity contribution in [1.82, 2.24) is 4.90 Å². The number of likely N-dealkylation sites (tertiary alicyclic amines) is 1. The van der Waals surface area contributed by atoms with Crippen molar-refractivity contribution in [2.75, 3.05) is 20.2 Å². The Kier molecular flexibility index (Phi) is 4.41. The smallest absolute Gasteiger partial charge is 0.119 e. The normalized spacial score (nSPS) is 23.6. The number of ether oxygens (including phenoxy) is 1. The molecule has 1 aliphatic rings. The van der Waals surface area contributed by atoms with E-state index in [-0.39, 0.29) is 17.4 Å². The summed E-state index contributed by atoms with van der Waals surface area (Å²) in [5, 5.41) is 9.48. The quantitative estimate of drug-likeness (QED) is 0.824. The molecule has 0 amide bonds. The van der Waals surface area contributed by atoms with Crippen LogP contribution in [0.15, 0.2) is 22.7 Å². The van der Waals surface area contributed by atoms with E-state index in [4.69, 9.17) is 4.74 Å². The van der Waals surface area contributed by atoms with Crippen molar-refractivity contribution < 1.29 is 4.74 Å². The molecule has 0 N–H and O–H groups in total. The van der Waals surface area contributed by atoms with Gasteiger partial charge in [-0.2, -0.15) is 5.26 Å². The van der Waals surface area contributed by atoms with E-state index < -0.39 is 0 Å². The highest BCUT2D eigenvalue weighted by atomic mass is 79.9. The first kappa shape index (κ1) is 15.3. The number of hydrogen-bond acceptors (Lipinski definition) is 3. The molecule has 1 aromatic carbocycles. The highest BCUT2D eigenvalue weighted by molar-refractivity contribution is 9.10. The van der Waals surface area contributed by atoms with Gasteiger partial charge in [-0.1, -0.05) is 15.9 Å². The summed E-state index contributed by atoms with van der Waals surface area (Å²) in [6, 6.07) is 8.46. The number of methoxy groups -OCH3 is 1. The van der Waals surface area contributed by atoms with E-state index >= 15 is 0 Å². The van der Waals surface area contributed by atoms with Crippen LogP contribution in [0.2, 0.25) is 0 Å². The van der Waals surface area contributed by atoms with Crippen molar-refractivity contribution in [2.45, 2.75) is 32.2 Å². The average Bonchev–Trinajstić information content (AvgIpc) is 2.83. The van der Waals surface area contributed by atoms with E-state index in [0.29, 0.717) is 0 Å². The monoisotopic (exact) mass is 336 g/mol. The fourth-order valence-electron chi connectivity index (χ4n) is 2.73. The summed E-state index contributed by atoms with van der Waals surface area (Å²) < 4.78 is 6.37. The second kappa shape index (κ2) is 5.75. The standard InChI is InChI=1S/C16H21BrN2O/c1-16(2,3)19-9-11(8-18)14(10-19)13-7-12(20-4)5-6-15(13)17/h5-7,11,14H,9-10H2,1-4H3/t11-,14-/m0/s1. The molecule has 0 aliphatic carbocycles. The Balaban J connectivity index is 2.34. The molecule has 2 rings (SSSR count). The Morgan fingerprint density at radius 3 is 2.60 bits per heavy atom. The third-order valence-electron chi connectivity index (χ3n) is 4.04. The fraction of sp³-hybridized carbons (Fsp3) is 0.562. The first-order valence-corrected chi connectivity index (χ1v) is 7.64. The van der Waals surface area contributed by atoms with Crippen LogP contribution in [0.4, 0.5) is 0 Å². The fourth-order valence-corrected chi connectivity index (χ4v) is 3.27. The van der Waals surface area contributed by atoms with Crippen molar-refractivity contribution in [3.8, 4) is 11.8 Å². The zero-order valence-electron chi connectivity index (χ0n) is 12.5. The molecule has 1 fully saturated rings. The van der Waals surface area contributed by atoms with Gasteiger partial charge in [-0.15, -0.1) is 0 Å². The number of benzene rings is 1. The summed E-state index contributed by atoms with van der Waals surface area (Å²) in [5.41, 5.74) is 1.26. The molecule has 0 saturated carbocycles. The third-order valence-corrected chi connectivity index (χ3v) is 4.76. The summed E-state index contributed by atoms with van der Waals surface area (Å²) in [7, 11) is 1.67. The van der Waals surface area contributed by atoms with Crippen LogP contribution in [0, 0.1) is 17.2 Å².